The van der Waals surface area contributed by atoms with Crippen molar-refractivity contribution in [3.63, 3.8) is 0 Å². The van der Waals surface area contributed by atoms with Crippen LogP contribution in [-0.4, -0.2) is 24.1 Å². The molecule has 0 unspecified atom stereocenters. The zero-order valence-electron chi connectivity index (χ0n) is 9.28. The Balaban J connectivity index is 2.02. The molecule has 0 saturated heterocycles. The topological polar surface area (TPSA) is 42.1 Å². The number of hydrogen-bond donors (Lipinski definition) is 1. The molecule has 1 aromatic rings. The Morgan fingerprint density at radius 3 is 2.93 bits per heavy atom. The normalized spacial score (nSPS) is 15.6. The van der Waals surface area contributed by atoms with Gasteiger partial charge in [-0.1, -0.05) is 6.92 Å². The van der Waals surface area contributed by atoms with Gasteiger partial charge in [-0.3, -0.25) is 0 Å². The Kier molecular flexibility index (Phi) is 3.59. The van der Waals surface area contributed by atoms with E-state index in [9.17, 15) is 0 Å². The van der Waals surface area contributed by atoms with Crippen molar-refractivity contribution in [2.75, 3.05) is 18.0 Å². The third kappa shape index (κ3) is 2.69. The van der Waals surface area contributed by atoms with Crippen LogP contribution in [0.2, 0.25) is 0 Å². The minimum atomic E-state index is 0.743. The third-order valence-corrected chi connectivity index (χ3v) is 3.66. The van der Waals surface area contributed by atoms with E-state index in [1.54, 1.807) is 11.3 Å². The summed E-state index contributed by atoms with van der Waals surface area (Å²) in [5.74, 6) is 0. The molecule has 1 heterocycles. The van der Waals surface area contributed by atoms with Crippen molar-refractivity contribution in [2.45, 2.75) is 38.6 Å². The molecule has 0 spiro atoms. The van der Waals surface area contributed by atoms with E-state index in [4.69, 9.17) is 5.73 Å². The molecule has 2 rings (SSSR count). The summed E-state index contributed by atoms with van der Waals surface area (Å²) >= 11 is 1.77. The second-order valence-corrected chi connectivity index (χ2v) is 4.88. The first-order chi connectivity index (χ1) is 7.35. The molecular weight excluding hydrogens is 206 g/mol. The highest BCUT2D eigenvalue weighted by Crippen LogP contribution is 2.33. The lowest BCUT2D eigenvalue weighted by Gasteiger charge is -2.20. The number of hydrogen-bond acceptors (Lipinski definition) is 4. The van der Waals surface area contributed by atoms with Crippen LogP contribution in [0.25, 0.3) is 0 Å². The van der Waals surface area contributed by atoms with Crippen molar-refractivity contribution in [1.29, 1.82) is 0 Å². The van der Waals surface area contributed by atoms with Crippen LogP contribution < -0.4 is 10.6 Å². The Morgan fingerprint density at radius 1 is 1.60 bits per heavy atom. The van der Waals surface area contributed by atoms with E-state index in [2.05, 4.69) is 22.2 Å². The summed E-state index contributed by atoms with van der Waals surface area (Å²) in [6.07, 6.45) is 4.75. The summed E-state index contributed by atoms with van der Waals surface area (Å²) in [6, 6.07) is 0.743. The monoisotopic (exact) mass is 225 g/mol. The van der Waals surface area contributed by atoms with E-state index < -0.39 is 0 Å². The number of nitrogens with zero attached hydrogens (tertiary/aromatic N) is 2. The fourth-order valence-electron chi connectivity index (χ4n) is 1.67. The van der Waals surface area contributed by atoms with Crippen molar-refractivity contribution in [2.24, 2.45) is 5.73 Å². The highest BCUT2D eigenvalue weighted by atomic mass is 32.1. The molecule has 1 saturated carbocycles. The number of nitrogens with two attached hydrogens (primary N) is 1. The van der Waals surface area contributed by atoms with E-state index in [0.29, 0.717) is 0 Å². The lowest BCUT2D eigenvalue weighted by atomic mass is 10.4. The Hall–Kier alpha value is -0.610. The molecule has 1 aliphatic rings. The van der Waals surface area contributed by atoms with E-state index in [1.165, 1.54) is 23.7 Å². The molecule has 3 nitrogen and oxygen atoms in total. The quantitative estimate of drug-likeness (QED) is 0.805. The predicted molar refractivity (Wildman–Crippen MR) is 65.5 cm³/mol. The second-order valence-electron chi connectivity index (χ2n) is 4.04. The van der Waals surface area contributed by atoms with Gasteiger partial charge in [0, 0.05) is 18.0 Å². The Bertz CT molecular complexity index is 307. The van der Waals surface area contributed by atoms with Gasteiger partial charge in [-0.2, -0.15) is 0 Å². The van der Waals surface area contributed by atoms with Crippen molar-refractivity contribution in [3.05, 3.63) is 11.1 Å². The van der Waals surface area contributed by atoms with Crippen molar-refractivity contribution >= 4 is 16.5 Å². The second kappa shape index (κ2) is 4.94. The summed E-state index contributed by atoms with van der Waals surface area (Å²) in [5, 5.41) is 3.37. The molecule has 84 valence electrons. The van der Waals surface area contributed by atoms with E-state index in [-0.39, 0.29) is 0 Å². The first kappa shape index (κ1) is 10.9. The number of aryl methyl sites for hydroxylation is 1. The summed E-state index contributed by atoms with van der Waals surface area (Å²) in [7, 11) is 0. The average Bonchev–Trinajstić information content (AvgIpc) is 2.97. The van der Waals surface area contributed by atoms with Crippen LogP contribution in [0.5, 0.6) is 0 Å². The zero-order valence-corrected chi connectivity index (χ0v) is 10.1. The van der Waals surface area contributed by atoms with Gasteiger partial charge in [0.25, 0.3) is 0 Å². The molecule has 0 amide bonds. The van der Waals surface area contributed by atoms with Gasteiger partial charge < -0.3 is 10.6 Å². The van der Waals surface area contributed by atoms with Crippen LogP contribution in [0.1, 0.15) is 31.9 Å². The van der Waals surface area contributed by atoms with Gasteiger partial charge in [0.15, 0.2) is 5.13 Å². The molecule has 2 N–H and O–H groups in total. The summed E-state index contributed by atoms with van der Waals surface area (Å²) < 4.78 is 0. The highest BCUT2D eigenvalue weighted by molar-refractivity contribution is 7.13. The standard InChI is InChI=1S/C11H19N3S/c1-2-9-8-15-11(13-9)14(7-3-6-12)10-4-5-10/h8,10H,2-7,12H2,1H3. The molecule has 0 bridgehead atoms. The van der Waals surface area contributed by atoms with Crippen molar-refractivity contribution in [3.8, 4) is 0 Å². The van der Waals surface area contributed by atoms with Crippen molar-refractivity contribution in [1.82, 2.24) is 4.98 Å². The van der Waals surface area contributed by atoms with Crippen LogP contribution >= 0.6 is 11.3 Å². The molecule has 1 fully saturated rings. The number of rotatable bonds is 6. The molecule has 4 heteroatoms. The number of aromatic nitrogens is 1. The fraction of sp³-hybridized carbons (Fsp3) is 0.727. The lowest BCUT2D eigenvalue weighted by molar-refractivity contribution is 0.728. The molecule has 0 aromatic carbocycles. The van der Waals surface area contributed by atoms with E-state index >= 15 is 0 Å². The van der Waals surface area contributed by atoms with Crippen LogP contribution in [0.15, 0.2) is 5.38 Å². The van der Waals surface area contributed by atoms with Gasteiger partial charge in [-0.15, -0.1) is 11.3 Å². The van der Waals surface area contributed by atoms with Gasteiger partial charge in [-0.05, 0) is 32.2 Å². The molecule has 0 atom stereocenters. The first-order valence-electron chi connectivity index (χ1n) is 5.76. The summed E-state index contributed by atoms with van der Waals surface area (Å²) in [6.45, 7) is 3.99. The smallest absolute Gasteiger partial charge is 0.185 e. The fourth-order valence-corrected chi connectivity index (χ4v) is 2.68. The minimum Gasteiger partial charge on any atom is -0.345 e. The molecule has 15 heavy (non-hydrogen) atoms. The molecular formula is C11H19N3S. The maximum atomic E-state index is 5.56. The predicted octanol–water partition coefficient (Wildman–Crippen LogP) is 2.02. The lowest BCUT2D eigenvalue weighted by Crippen LogP contribution is -2.28. The van der Waals surface area contributed by atoms with Gasteiger partial charge in [0.05, 0.1) is 5.69 Å². The van der Waals surface area contributed by atoms with E-state index in [1.807, 2.05) is 0 Å². The highest BCUT2D eigenvalue weighted by Gasteiger charge is 2.30. The van der Waals surface area contributed by atoms with Gasteiger partial charge in [-0.25, -0.2) is 4.98 Å². The summed E-state index contributed by atoms with van der Waals surface area (Å²) in [5.41, 5.74) is 6.78. The third-order valence-electron chi connectivity index (χ3n) is 2.74. The molecule has 1 aliphatic carbocycles. The average molecular weight is 225 g/mol. The van der Waals surface area contributed by atoms with Crippen LogP contribution in [0, 0.1) is 0 Å². The maximum absolute atomic E-state index is 5.56. The molecule has 0 radical (unpaired) electrons. The molecule has 1 aromatic heterocycles. The largest absolute Gasteiger partial charge is 0.345 e. The Morgan fingerprint density at radius 2 is 2.40 bits per heavy atom. The maximum Gasteiger partial charge on any atom is 0.185 e. The number of thiazole rings is 1. The SMILES string of the molecule is CCc1csc(N(CCCN)C2CC2)n1. The first-order valence-corrected chi connectivity index (χ1v) is 6.64. The van der Waals surface area contributed by atoms with Gasteiger partial charge in [0.1, 0.15) is 0 Å². The van der Waals surface area contributed by atoms with Gasteiger partial charge in [0.2, 0.25) is 0 Å². The molecule has 0 aliphatic heterocycles. The summed E-state index contributed by atoms with van der Waals surface area (Å²) in [4.78, 5) is 7.09. The number of anilines is 1. The van der Waals surface area contributed by atoms with Crippen LogP contribution in [0.3, 0.4) is 0 Å². The van der Waals surface area contributed by atoms with Crippen LogP contribution in [-0.2, 0) is 6.42 Å². The van der Waals surface area contributed by atoms with E-state index in [0.717, 1.165) is 32.0 Å². The Labute approximate surface area is 95.3 Å². The van der Waals surface area contributed by atoms with Gasteiger partial charge >= 0.3 is 0 Å². The minimum absolute atomic E-state index is 0.743. The zero-order chi connectivity index (χ0) is 10.7. The van der Waals surface area contributed by atoms with Crippen molar-refractivity contribution < 1.29 is 0 Å². The van der Waals surface area contributed by atoms with Crippen LogP contribution in [0.4, 0.5) is 5.13 Å².